The maximum atomic E-state index is 10.2. The third kappa shape index (κ3) is 3.61. The van der Waals surface area contributed by atoms with Crippen LogP contribution in [0.2, 0.25) is 0 Å². The third-order valence-electron chi connectivity index (χ3n) is 5.10. The Hall–Kier alpha value is -1.50. The Balaban J connectivity index is 1.97. The van der Waals surface area contributed by atoms with Crippen molar-refractivity contribution in [3.8, 4) is 17.2 Å². The van der Waals surface area contributed by atoms with Gasteiger partial charge in [-0.2, -0.15) is 0 Å². The average Bonchev–Trinajstić information content (AvgIpc) is 2.65. The maximum Gasteiger partial charge on any atom is 0.200 e. The molecule has 24 heavy (non-hydrogen) atoms. The second-order valence-corrected chi connectivity index (χ2v) is 6.45. The van der Waals surface area contributed by atoms with E-state index in [0.29, 0.717) is 23.5 Å². The van der Waals surface area contributed by atoms with Gasteiger partial charge in [0.15, 0.2) is 11.5 Å². The molecular weight excluding hydrogens is 308 g/mol. The van der Waals surface area contributed by atoms with Crippen molar-refractivity contribution in [2.24, 2.45) is 5.92 Å². The molecule has 2 aliphatic rings. The molecule has 2 N–H and O–H groups in total. The number of aromatic hydroxyl groups is 1. The zero-order valence-corrected chi connectivity index (χ0v) is 14.6. The quantitative estimate of drug-likeness (QED) is 0.855. The molecule has 0 aliphatic carbocycles. The molecule has 0 aromatic heterocycles. The first-order valence-corrected chi connectivity index (χ1v) is 8.72. The second kappa shape index (κ2) is 8.05. The first kappa shape index (κ1) is 17.3. The normalized spacial score (nSPS) is 21.4. The van der Waals surface area contributed by atoms with Crippen molar-refractivity contribution in [3.05, 3.63) is 17.7 Å². The molecule has 0 spiro atoms. The summed E-state index contributed by atoms with van der Waals surface area (Å²) in [6.45, 7) is 5.69. The van der Waals surface area contributed by atoms with E-state index in [0.717, 1.165) is 57.8 Å². The third-order valence-corrected chi connectivity index (χ3v) is 5.10. The van der Waals surface area contributed by atoms with Gasteiger partial charge in [0.05, 0.1) is 14.2 Å². The van der Waals surface area contributed by atoms with Crippen LogP contribution in [-0.2, 0) is 4.74 Å². The van der Waals surface area contributed by atoms with E-state index in [2.05, 4.69) is 10.2 Å². The smallest absolute Gasteiger partial charge is 0.200 e. The molecule has 1 aromatic carbocycles. The Morgan fingerprint density at radius 1 is 1.12 bits per heavy atom. The van der Waals surface area contributed by atoms with Gasteiger partial charge in [-0.25, -0.2) is 0 Å². The van der Waals surface area contributed by atoms with Crippen LogP contribution < -0.4 is 14.8 Å². The van der Waals surface area contributed by atoms with Gasteiger partial charge in [0.25, 0.3) is 0 Å². The van der Waals surface area contributed by atoms with Crippen LogP contribution in [0.15, 0.2) is 12.1 Å². The summed E-state index contributed by atoms with van der Waals surface area (Å²) in [6, 6.07) is 4.21. The number of ether oxygens (including phenoxy) is 3. The van der Waals surface area contributed by atoms with Crippen molar-refractivity contribution in [1.29, 1.82) is 0 Å². The number of nitrogens with zero attached hydrogens (tertiary/aromatic N) is 1. The summed E-state index contributed by atoms with van der Waals surface area (Å²) in [5, 5.41) is 13.6. The summed E-state index contributed by atoms with van der Waals surface area (Å²) in [7, 11) is 3.15. The van der Waals surface area contributed by atoms with E-state index >= 15 is 0 Å². The van der Waals surface area contributed by atoms with Gasteiger partial charge in [0.1, 0.15) is 0 Å². The minimum atomic E-state index is 0.0646. The zero-order chi connectivity index (χ0) is 16.9. The van der Waals surface area contributed by atoms with Gasteiger partial charge in [-0.05, 0) is 36.5 Å². The minimum absolute atomic E-state index is 0.0646. The van der Waals surface area contributed by atoms with Crippen molar-refractivity contribution >= 4 is 0 Å². The first-order chi connectivity index (χ1) is 11.7. The lowest BCUT2D eigenvalue weighted by Crippen LogP contribution is -2.47. The summed E-state index contributed by atoms with van der Waals surface area (Å²) >= 11 is 0. The molecule has 1 atom stereocenters. The van der Waals surface area contributed by atoms with E-state index in [1.54, 1.807) is 14.2 Å². The lowest BCUT2D eigenvalue weighted by molar-refractivity contribution is 0.0212. The fourth-order valence-corrected chi connectivity index (χ4v) is 3.86. The van der Waals surface area contributed by atoms with E-state index in [1.165, 1.54) is 0 Å². The van der Waals surface area contributed by atoms with E-state index in [1.807, 2.05) is 12.1 Å². The van der Waals surface area contributed by atoms with Crippen LogP contribution in [0.5, 0.6) is 17.2 Å². The fourth-order valence-electron chi connectivity index (χ4n) is 3.86. The SMILES string of the molecule is COc1cc([C@H](C2CCOCC2)N2CCNCC2)cc(OC)c1O. The van der Waals surface area contributed by atoms with Crippen LogP contribution in [0.25, 0.3) is 0 Å². The highest BCUT2D eigenvalue weighted by Gasteiger charge is 2.32. The van der Waals surface area contributed by atoms with Crippen molar-refractivity contribution in [3.63, 3.8) is 0 Å². The van der Waals surface area contributed by atoms with E-state index < -0.39 is 0 Å². The summed E-state index contributed by atoms with van der Waals surface area (Å²) in [5.74, 6) is 1.54. The lowest BCUT2D eigenvalue weighted by atomic mass is 9.85. The number of rotatable bonds is 5. The lowest BCUT2D eigenvalue weighted by Gasteiger charge is -2.41. The Morgan fingerprint density at radius 3 is 2.25 bits per heavy atom. The number of nitrogens with one attached hydrogen (secondary N) is 1. The highest BCUT2D eigenvalue weighted by Crippen LogP contribution is 2.43. The molecule has 2 saturated heterocycles. The van der Waals surface area contributed by atoms with Gasteiger partial charge >= 0.3 is 0 Å². The molecule has 2 fully saturated rings. The molecule has 1 aromatic rings. The molecule has 2 aliphatic heterocycles. The van der Waals surface area contributed by atoms with Crippen LogP contribution in [-0.4, -0.2) is 63.6 Å². The number of phenols is 1. The van der Waals surface area contributed by atoms with Gasteiger partial charge < -0.3 is 24.6 Å². The Labute approximate surface area is 143 Å². The minimum Gasteiger partial charge on any atom is -0.502 e. The fraction of sp³-hybridized carbons (Fsp3) is 0.667. The van der Waals surface area contributed by atoms with Crippen LogP contribution in [0, 0.1) is 5.92 Å². The Morgan fingerprint density at radius 2 is 1.71 bits per heavy atom. The first-order valence-electron chi connectivity index (χ1n) is 8.72. The van der Waals surface area contributed by atoms with Gasteiger partial charge in [-0.15, -0.1) is 0 Å². The van der Waals surface area contributed by atoms with Crippen LogP contribution in [0.1, 0.15) is 24.4 Å². The average molecular weight is 336 g/mol. The molecule has 3 rings (SSSR count). The number of piperazine rings is 1. The number of hydrogen-bond acceptors (Lipinski definition) is 6. The number of benzene rings is 1. The van der Waals surface area contributed by atoms with Crippen molar-refractivity contribution < 1.29 is 19.3 Å². The number of hydrogen-bond donors (Lipinski definition) is 2. The predicted molar refractivity (Wildman–Crippen MR) is 91.9 cm³/mol. The molecule has 0 saturated carbocycles. The van der Waals surface area contributed by atoms with Gasteiger partial charge in [-0.1, -0.05) is 0 Å². The molecule has 0 amide bonds. The molecule has 6 heteroatoms. The molecule has 0 bridgehead atoms. The summed E-state index contributed by atoms with van der Waals surface area (Å²) < 4.78 is 16.3. The van der Waals surface area contributed by atoms with Crippen LogP contribution in [0.3, 0.4) is 0 Å². The molecule has 0 unspecified atom stereocenters. The van der Waals surface area contributed by atoms with Crippen LogP contribution in [0.4, 0.5) is 0 Å². The van der Waals surface area contributed by atoms with Gasteiger partial charge in [0, 0.05) is 45.4 Å². The van der Waals surface area contributed by atoms with Crippen LogP contribution >= 0.6 is 0 Å². The number of methoxy groups -OCH3 is 2. The largest absolute Gasteiger partial charge is 0.502 e. The van der Waals surface area contributed by atoms with E-state index in [4.69, 9.17) is 14.2 Å². The zero-order valence-electron chi connectivity index (χ0n) is 14.6. The van der Waals surface area contributed by atoms with Gasteiger partial charge in [-0.3, -0.25) is 4.90 Å². The van der Waals surface area contributed by atoms with E-state index in [9.17, 15) is 5.11 Å². The summed E-state index contributed by atoms with van der Waals surface area (Å²) in [5.41, 5.74) is 1.15. The molecule has 0 radical (unpaired) electrons. The highest BCUT2D eigenvalue weighted by atomic mass is 16.5. The standard InChI is InChI=1S/C18H28N2O4/c1-22-15-11-14(12-16(23-2)18(15)21)17(13-3-9-24-10-4-13)20-7-5-19-6-8-20/h11-13,17,19,21H,3-10H2,1-2H3/t17-/m0/s1. The summed E-state index contributed by atoms with van der Waals surface area (Å²) in [6.07, 6.45) is 2.11. The second-order valence-electron chi connectivity index (χ2n) is 6.45. The number of phenolic OH excluding ortho intramolecular Hbond substituents is 1. The molecule has 134 valence electrons. The molecule has 6 nitrogen and oxygen atoms in total. The van der Waals surface area contributed by atoms with Gasteiger partial charge in [0.2, 0.25) is 5.75 Å². The predicted octanol–water partition coefficient (Wildman–Crippen LogP) is 1.78. The summed E-state index contributed by atoms with van der Waals surface area (Å²) in [4.78, 5) is 2.54. The van der Waals surface area contributed by atoms with Crippen molar-refractivity contribution in [2.45, 2.75) is 18.9 Å². The monoisotopic (exact) mass is 336 g/mol. The van der Waals surface area contributed by atoms with Crippen molar-refractivity contribution in [2.75, 3.05) is 53.6 Å². The maximum absolute atomic E-state index is 10.2. The topological polar surface area (TPSA) is 63.2 Å². The highest BCUT2D eigenvalue weighted by molar-refractivity contribution is 5.53. The van der Waals surface area contributed by atoms with E-state index in [-0.39, 0.29) is 5.75 Å². The molecule has 2 heterocycles. The van der Waals surface area contributed by atoms with Crippen molar-refractivity contribution in [1.82, 2.24) is 10.2 Å². The Bertz CT molecular complexity index is 497. The Kier molecular flexibility index (Phi) is 5.81. The molecular formula is C18H28N2O4.